The summed E-state index contributed by atoms with van der Waals surface area (Å²) in [6, 6.07) is 7.39. The highest BCUT2D eigenvalue weighted by molar-refractivity contribution is 5.76. The molecule has 2 rings (SSSR count). The number of aliphatic hydroxyl groups is 1. The predicted octanol–water partition coefficient (Wildman–Crippen LogP) is 1.74. The van der Waals surface area contributed by atoms with E-state index < -0.39 is 17.6 Å². The average Bonchev–Trinajstić information content (AvgIpc) is 2.80. The normalized spacial score (nSPS) is 15.2. The first-order valence-electron chi connectivity index (χ1n) is 6.20. The van der Waals surface area contributed by atoms with Crippen LogP contribution in [0.5, 0.6) is 0 Å². The number of aromatic nitrogens is 2. The Hall–Kier alpha value is -1.90. The maximum Gasteiger partial charge on any atom is 0.126 e. The van der Waals surface area contributed by atoms with Gasteiger partial charge in [0.25, 0.3) is 0 Å². The van der Waals surface area contributed by atoms with Crippen molar-refractivity contribution in [1.29, 1.82) is 5.26 Å². The Morgan fingerprint density at radius 3 is 2.74 bits per heavy atom. The fourth-order valence-corrected chi connectivity index (χ4v) is 1.87. The van der Waals surface area contributed by atoms with Crippen molar-refractivity contribution in [2.75, 3.05) is 0 Å². The van der Waals surface area contributed by atoms with Crippen molar-refractivity contribution in [2.24, 2.45) is 5.73 Å². The zero-order chi connectivity index (χ0) is 14.2. The van der Waals surface area contributed by atoms with Crippen molar-refractivity contribution >= 4 is 11.0 Å². The maximum atomic E-state index is 9.49. The van der Waals surface area contributed by atoms with Crippen LogP contribution >= 0.6 is 0 Å². The van der Waals surface area contributed by atoms with E-state index in [1.54, 1.807) is 6.92 Å². The highest BCUT2D eigenvalue weighted by Crippen LogP contribution is 2.26. The molecule has 1 aromatic heterocycles. The van der Waals surface area contributed by atoms with E-state index in [-0.39, 0.29) is 0 Å². The highest BCUT2D eigenvalue weighted by Gasteiger charge is 2.21. The van der Waals surface area contributed by atoms with E-state index >= 15 is 0 Å². The number of aliphatic hydroxyl groups excluding tert-OH is 1. The minimum atomic E-state index is -0.671. The van der Waals surface area contributed by atoms with Gasteiger partial charge in [-0.3, -0.25) is 0 Å². The molecule has 0 aliphatic carbocycles. The number of nitriles is 1. The molecule has 1 aromatic carbocycles. The minimum absolute atomic E-state index is 0.542. The minimum Gasteiger partial charge on any atom is -0.391 e. The molecule has 0 radical (unpaired) electrons. The van der Waals surface area contributed by atoms with Gasteiger partial charge in [-0.1, -0.05) is 6.07 Å². The van der Waals surface area contributed by atoms with E-state index in [1.165, 1.54) is 0 Å². The van der Waals surface area contributed by atoms with Gasteiger partial charge < -0.3 is 15.8 Å². The van der Waals surface area contributed by atoms with Gasteiger partial charge in [0.05, 0.1) is 34.7 Å². The van der Waals surface area contributed by atoms with Gasteiger partial charge >= 0.3 is 0 Å². The molecule has 0 saturated heterocycles. The van der Waals surface area contributed by atoms with Gasteiger partial charge in [0.1, 0.15) is 5.82 Å². The molecule has 100 valence electrons. The van der Waals surface area contributed by atoms with E-state index in [0.29, 0.717) is 5.82 Å². The number of aromatic amines is 1. The van der Waals surface area contributed by atoms with Gasteiger partial charge in [0.2, 0.25) is 0 Å². The number of nitrogens with zero attached hydrogens (tertiary/aromatic N) is 2. The number of nitrogens with two attached hydrogens (primary N) is 1. The Kier molecular flexibility index (Phi) is 3.31. The SMILES string of the molecule is C[C@@H](O)[C@H](N)c1nc2ccc(C(C)(C)C#N)cc2[nH]1. The van der Waals surface area contributed by atoms with E-state index in [1.807, 2.05) is 32.0 Å². The van der Waals surface area contributed by atoms with Crippen LogP contribution in [0, 0.1) is 11.3 Å². The molecule has 0 aliphatic heterocycles. The van der Waals surface area contributed by atoms with Crippen LogP contribution in [0.25, 0.3) is 11.0 Å². The third-order valence-corrected chi connectivity index (χ3v) is 3.34. The van der Waals surface area contributed by atoms with Crippen LogP contribution in [0.4, 0.5) is 0 Å². The van der Waals surface area contributed by atoms with Crippen LogP contribution < -0.4 is 5.73 Å². The number of rotatable bonds is 3. The summed E-state index contributed by atoms with van der Waals surface area (Å²) >= 11 is 0. The Morgan fingerprint density at radius 1 is 1.47 bits per heavy atom. The Bertz CT molecular complexity index is 636. The van der Waals surface area contributed by atoms with Crippen LogP contribution in [-0.4, -0.2) is 21.2 Å². The summed E-state index contributed by atoms with van der Waals surface area (Å²) in [6.45, 7) is 5.36. The molecule has 5 heteroatoms. The molecule has 19 heavy (non-hydrogen) atoms. The highest BCUT2D eigenvalue weighted by atomic mass is 16.3. The second-order valence-electron chi connectivity index (χ2n) is 5.36. The molecule has 0 spiro atoms. The molecule has 0 saturated carbocycles. The molecule has 2 atom stereocenters. The number of hydrogen-bond acceptors (Lipinski definition) is 4. The zero-order valence-corrected chi connectivity index (χ0v) is 11.3. The number of imidazole rings is 1. The van der Waals surface area contributed by atoms with Gasteiger partial charge in [-0.15, -0.1) is 0 Å². The van der Waals surface area contributed by atoms with Crippen molar-refractivity contribution in [3.63, 3.8) is 0 Å². The third-order valence-electron chi connectivity index (χ3n) is 3.34. The number of benzene rings is 1. The van der Waals surface area contributed by atoms with Gasteiger partial charge in [0, 0.05) is 0 Å². The van der Waals surface area contributed by atoms with Gasteiger partial charge in [-0.05, 0) is 38.5 Å². The second kappa shape index (κ2) is 4.65. The number of nitrogens with one attached hydrogen (secondary N) is 1. The third kappa shape index (κ3) is 2.46. The van der Waals surface area contributed by atoms with E-state index in [9.17, 15) is 5.11 Å². The van der Waals surface area contributed by atoms with Crippen molar-refractivity contribution < 1.29 is 5.11 Å². The summed E-state index contributed by atoms with van der Waals surface area (Å²) in [5.41, 5.74) is 7.83. The van der Waals surface area contributed by atoms with Crippen molar-refractivity contribution in [3.8, 4) is 6.07 Å². The van der Waals surface area contributed by atoms with Crippen LogP contribution in [0.15, 0.2) is 18.2 Å². The molecule has 0 unspecified atom stereocenters. The molecule has 4 N–H and O–H groups in total. The van der Waals surface area contributed by atoms with Gasteiger partial charge in [0.15, 0.2) is 0 Å². The molecule has 0 fully saturated rings. The first kappa shape index (κ1) is 13.5. The summed E-state index contributed by atoms with van der Waals surface area (Å²) in [5, 5.41) is 18.7. The standard InChI is InChI=1S/C14H18N4O/c1-8(19)12(16)13-17-10-5-4-9(6-11(10)18-13)14(2,3)7-15/h4-6,8,12,19H,16H2,1-3H3,(H,17,18)/t8-,12+/m1/s1. The monoisotopic (exact) mass is 258 g/mol. The lowest BCUT2D eigenvalue weighted by Crippen LogP contribution is -2.24. The van der Waals surface area contributed by atoms with Crippen LogP contribution in [-0.2, 0) is 5.41 Å². The summed E-state index contributed by atoms with van der Waals surface area (Å²) in [5.74, 6) is 0.553. The molecular formula is C14H18N4O. The van der Waals surface area contributed by atoms with Crippen LogP contribution in [0.3, 0.4) is 0 Å². The van der Waals surface area contributed by atoms with Crippen molar-refractivity contribution in [3.05, 3.63) is 29.6 Å². The van der Waals surface area contributed by atoms with Gasteiger partial charge in [-0.2, -0.15) is 5.26 Å². The second-order valence-corrected chi connectivity index (χ2v) is 5.36. The van der Waals surface area contributed by atoms with Crippen molar-refractivity contribution in [2.45, 2.75) is 38.3 Å². The molecule has 0 aliphatic rings. The largest absolute Gasteiger partial charge is 0.391 e. The van der Waals surface area contributed by atoms with Crippen LogP contribution in [0.2, 0.25) is 0 Å². The summed E-state index contributed by atoms with van der Waals surface area (Å²) in [6.07, 6.45) is -0.671. The number of H-pyrrole nitrogens is 1. The zero-order valence-electron chi connectivity index (χ0n) is 11.3. The summed E-state index contributed by atoms with van der Waals surface area (Å²) in [7, 11) is 0. The summed E-state index contributed by atoms with van der Waals surface area (Å²) < 4.78 is 0. The topological polar surface area (TPSA) is 98.7 Å². The molecule has 1 heterocycles. The Labute approximate surface area is 112 Å². The molecule has 5 nitrogen and oxygen atoms in total. The van der Waals surface area contributed by atoms with Gasteiger partial charge in [-0.25, -0.2) is 4.98 Å². The fourth-order valence-electron chi connectivity index (χ4n) is 1.87. The Balaban J connectivity index is 2.48. The maximum absolute atomic E-state index is 9.49. The van der Waals surface area contributed by atoms with Crippen molar-refractivity contribution in [1.82, 2.24) is 9.97 Å². The van der Waals surface area contributed by atoms with Crippen LogP contribution in [0.1, 0.15) is 38.2 Å². The first-order valence-corrected chi connectivity index (χ1v) is 6.20. The summed E-state index contributed by atoms with van der Waals surface area (Å²) in [4.78, 5) is 7.47. The average molecular weight is 258 g/mol. The predicted molar refractivity (Wildman–Crippen MR) is 73.3 cm³/mol. The lowest BCUT2D eigenvalue weighted by atomic mass is 9.86. The smallest absolute Gasteiger partial charge is 0.126 e. The number of hydrogen-bond donors (Lipinski definition) is 3. The lowest BCUT2D eigenvalue weighted by molar-refractivity contribution is 0.161. The van der Waals surface area contributed by atoms with E-state index in [2.05, 4.69) is 16.0 Å². The Morgan fingerprint density at radius 2 is 2.16 bits per heavy atom. The number of fused-ring (bicyclic) bond motifs is 1. The fraction of sp³-hybridized carbons (Fsp3) is 0.429. The van der Waals surface area contributed by atoms with E-state index in [4.69, 9.17) is 11.0 Å². The quantitative estimate of drug-likeness (QED) is 0.781. The first-order chi connectivity index (χ1) is 8.85. The molecule has 0 bridgehead atoms. The molecular weight excluding hydrogens is 240 g/mol. The molecule has 0 amide bonds. The molecule has 2 aromatic rings. The lowest BCUT2D eigenvalue weighted by Gasteiger charge is -2.15. The van der Waals surface area contributed by atoms with E-state index in [0.717, 1.165) is 16.6 Å².